The highest BCUT2D eigenvalue weighted by molar-refractivity contribution is 6.74. The van der Waals surface area contributed by atoms with Crippen molar-refractivity contribution in [1.82, 2.24) is 0 Å². The van der Waals surface area contributed by atoms with E-state index in [1.807, 2.05) is 36.4 Å². The van der Waals surface area contributed by atoms with E-state index in [9.17, 15) is 4.79 Å². The highest BCUT2D eigenvalue weighted by Crippen LogP contribution is 2.37. The molecule has 0 radical (unpaired) electrons. The number of methoxy groups -OCH3 is 1. The smallest absolute Gasteiger partial charge is 0.337 e. The van der Waals surface area contributed by atoms with Gasteiger partial charge in [0.25, 0.3) is 0 Å². The summed E-state index contributed by atoms with van der Waals surface area (Å²) in [6, 6.07) is 15.4. The molecule has 2 aromatic rings. The predicted molar refractivity (Wildman–Crippen MR) is 122 cm³/mol. The molecule has 152 valence electrons. The Kier molecular flexibility index (Phi) is 7.61. The minimum atomic E-state index is -1.73. The van der Waals surface area contributed by atoms with Crippen LogP contribution < -0.4 is 0 Å². The number of allylic oxidation sites excluding steroid dienone is 1. The average Bonchev–Trinajstić information content (AvgIpc) is 2.69. The van der Waals surface area contributed by atoms with Gasteiger partial charge in [-0.15, -0.1) is 0 Å². The van der Waals surface area contributed by atoms with Gasteiger partial charge in [0.2, 0.25) is 0 Å². The zero-order valence-electron chi connectivity index (χ0n) is 18.2. The Hall–Kier alpha value is -2.61. The van der Waals surface area contributed by atoms with Crippen molar-refractivity contribution in [2.75, 3.05) is 7.11 Å². The molecule has 0 atom stereocenters. The van der Waals surface area contributed by atoms with Crippen molar-refractivity contribution < 1.29 is 14.0 Å². The van der Waals surface area contributed by atoms with E-state index in [1.54, 1.807) is 12.1 Å². The number of carbonyl (C=O) groups is 1. The number of hydrogen-bond donors (Lipinski definition) is 0. The van der Waals surface area contributed by atoms with Crippen LogP contribution in [0.5, 0.6) is 0 Å². The molecular formula is C25H30O3Si. The van der Waals surface area contributed by atoms with Gasteiger partial charge in [-0.1, -0.05) is 56.9 Å². The summed E-state index contributed by atoms with van der Waals surface area (Å²) in [6.45, 7) is 11.9. The summed E-state index contributed by atoms with van der Waals surface area (Å²) < 4.78 is 11.0. The Balaban J connectivity index is 1.93. The van der Waals surface area contributed by atoms with Gasteiger partial charge in [-0.25, -0.2) is 4.79 Å². The monoisotopic (exact) mass is 406 g/mol. The molecule has 0 saturated carbocycles. The van der Waals surface area contributed by atoms with Crippen LogP contribution in [-0.4, -0.2) is 21.4 Å². The van der Waals surface area contributed by atoms with Crippen LogP contribution in [0.15, 0.2) is 54.6 Å². The first kappa shape index (κ1) is 22.7. The van der Waals surface area contributed by atoms with Gasteiger partial charge in [-0.3, -0.25) is 0 Å². The Morgan fingerprint density at radius 3 is 2.21 bits per heavy atom. The summed E-state index contributed by atoms with van der Waals surface area (Å²) in [5.41, 5.74) is 3.65. The van der Waals surface area contributed by atoms with Gasteiger partial charge in [-0.2, -0.15) is 0 Å². The molecule has 2 rings (SSSR count). The van der Waals surface area contributed by atoms with Crippen molar-refractivity contribution in [2.24, 2.45) is 0 Å². The molecule has 0 fully saturated rings. The molecule has 4 heteroatoms. The van der Waals surface area contributed by atoms with Crippen molar-refractivity contribution >= 4 is 20.4 Å². The molecule has 0 heterocycles. The van der Waals surface area contributed by atoms with Crippen molar-refractivity contribution in [2.45, 2.75) is 45.5 Å². The lowest BCUT2D eigenvalue weighted by molar-refractivity contribution is 0.0600. The topological polar surface area (TPSA) is 35.5 Å². The average molecular weight is 407 g/mol. The molecule has 0 saturated heterocycles. The lowest BCUT2D eigenvalue weighted by Crippen LogP contribution is -2.40. The number of hydrogen-bond acceptors (Lipinski definition) is 3. The first-order valence-electron chi connectivity index (χ1n) is 9.72. The second-order valence-corrected chi connectivity index (χ2v) is 13.3. The molecular weight excluding hydrogens is 376 g/mol. The van der Waals surface area contributed by atoms with Gasteiger partial charge in [-0.05, 0) is 65.7 Å². The summed E-state index contributed by atoms with van der Waals surface area (Å²) >= 11 is 0. The Bertz CT molecular complexity index is 906. The minimum absolute atomic E-state index is 0.213. The fraction of sp³-hybridized carbons (Fsp3) is 0.320. The zero-order valence-corrected chi connectivity index (χ0v) is 19.2. The van der Waals surface area contributed by atoms with Gasteiger partial charge in [0.05, 0.1) is 19.3 Å². The molecule has 0 N–H and O–H groups in total. The van der Waals surface area contributed by atoms with Gasteiger partial charge in [0.1, 0.15) is 0 Å². The fourth-order valence-electron chi connectivity index (χ4n) is 2.28. The predicted octanol–water partition coefficient (Wildman–Crippen LogP) is 6.06. The van der Waals surface area contributed by atoms with Gasteiger partial charge in [0.15, 0.2) is 8.32 Å². The quantitative estimate of drug-likeness (QED) is 0.344. The van der Waals surface area contributed by atoms with E-state index in [1.165, 1.54) is 12.7 Å². The van der Waals surface area contributed by atoms with Crippen LogP contribution in [0, 0.1) is 11.8 Å². The lowest BCUT2D eigenvalue weighted by Gasteiger charge is -2.36. The zero-order chi connectivity index (χ0) is 21.5. The van der Waals surface area contributed by atoms with E-state index in [0.29, 0.717) is 12.2 Å². The number of carbonyl (C=O) groups excluding carboxylic acids is 1. The summed E-state index contributed by atoms with van der Waals surface area (Å²) in [4.78, 5) is 11.4. The summed E-state index contributed by atoms with van der Waals surface area (Å²) in [5.74, 6) is 5.85. The molecule has 0 aliphatic heterocycles. The molecule has 0 aliphatic carbocycles. The van der Waals surface area contributed by atoms with E-state index >= 15 is 0 Å². The first-order valence-corrected chi connectivity index (χ1v) is 12.6. The molecule has 0 aliphatic rings. The molecule has 0 aromatic heterocycles. The van der Waals surface area contributed by atoms with Crippen molar-refractivity contribution in [3.63, 3.8) is 0 Å². The van der Waals surface area contributed by atoms with Crippen LogP contribution >= 0.6 is 0 Å². The lowest BCUT2D eigenvalue weighted by atomic mass is 10.1. The molecule has 29 heavy (non-hydrogen) atoms. The second kappa shape index (κ2) is 9.73. The molecule has 2 aromatic carbocycles. The first-order chi connectivity index (χ1) is 13.6. The summed E-state index contributed by atoms with van der Waals surface area (Å²) in [5, 5.41) is 0.213. The number of esters is 1. The molecule has 3 nitrogen and oxygen atoms in total. The van der Waals surface area contributed by atoms with Crippen LogP contribution in [0.25, 0.3) is 6.08 Å². The highest BCUT2D eigenvalue weighted by Gasteiger charge is 2.36. The van der Waals surface area contributed by atoms with Gasteiger partial charge in [0, 0.05) is 5.56 Å². The fourth-order valence-corrected chi connectivity index (χ4v) is 3.24. The Morgan fingerprint density at radius 2 is 1.66 bits per heavy atom. The van der Waals surface area contributed by atoms with Crippen molar-refractivity contribution in [1.29, 1.82) is 0 Å². The SMILES string of the molecule is COC(=O)c1ccc(/C=C/C#Cc2ccc(CO[Si](C)(C)C(C)(C)C)cc2)cc1. The summed E-state index contributed by atoms with van der Waals surface area (Å²) in [7, 11) is -0.360. The van der Waals surface area contributed by atoms with E-state index in [4.69, 9.17) is 9.16 Å². The minimum Gasteiger partial charge on any atom is -0.465 e. The third-order valence-electron chi connectivity index (χ3n) is 5.27. The van der Waals surface area contributed by atoms with E-state index < -0.39 is 8.32 Å². The Labute approximate surface area is 175 Å². The van der Waals surface area contributed by atoms with Crippen LogP contribution in [0.3, 0.4) is 0 Å². The maximum atomic E-state index is 11.4. The largest absolute Gasteiger partial charge is 0.465 e. The third kappa shape index (κ3) is 6.74. The number of benzene rings is 2. The third-order valence-corrected chi connectivity index (χ3v) is 9.75. The van der Waals surface area contributed by atoms with E-state index in [0.717, 1.165) is 11.1 Å². The van der Waals surface area contributed by atoms with Crippen molar-refractivity contribution in [3.05, 3.63) is 76.9 Å². The number of rotatable bonds is 5. The normalized spacial score (nSPS) is 11.8. The van der Waals surface area contributed by atoms with Crippen LogP contribution in [-0.2, 0) is 15.8 Å². The molecule has 0 unspecified atom stereocenters. The maximum absolute atomic E-state index is 11.4. The Morgan fingerprint density at radius 1 is 1.03 bits per heavy atom. The van der Waals surface area contributed by atoms with Crippen LogP contribution in [0.1, 0.15) is 47.8 Å². The molecule has 0 amide bonds. The van der Waals surface area contributed by atoms with Gasteiger partial charge >= 0.3 is 5.97 Å². The molecule has 0 bridgehead atoms. The van der Waals surface area contributed by atoms with E-state index in [2.05, 4.69) is 57.8 Å². The van der Waals surface area contributed by atoms with E-state index in [-0.39, 0.29) is 11.0 Å². The van der Waals surface area contributed by atoms with Crippen LogP contribution in [0.4, 0.5) is 0 Å². The van der Waals surface area contributed by atoms with Gasteiger partial charge < -0.3 is 9.16 Å². The number of ether oxygens (including phenoxy) is 1. The van der Waals surface area contributed by atoms with Crippen LogP contribution in [0.2, 0.25) is 18.1 Å². The maximum Gasteiger partial charge on any atom is 0.337 e. The molecule has 0 spiro atoms. The summed E-state index contributed by atoms with van der Waals surface area (Å²) in [6.07, 6.45) is 3.72. The standard InChI is InChI=1S/C25H30O3Si/c1-25(2,3)29(5,6)28-19-22-13-11-20(12-14-22)9-7-8-10-21-15-17-23(18-16-21)24(26)27-4/h8,10-18H,19H2,1-6H3/b10-8+. The highest BCUT2D eigenvalue weighted by atomic mass is 28.4. The second-order valence-electron chi connectivity index (χ2n) is 8.46. The van der Waals surface area contributed by atoms with Crippen molar-refractivity contribution in [3.8, 4) is 11.8 Å².